The van der Waals surface area contributed by atoms with Crippen LogP contribution >= 0.6 is 0 Å². The standard InChI is InChI=1S/C31H34/c1-5-13-23(6-2)31(21-20-22-14-7-12-19-28(22)31)30(3,4)29-26-17-10-8-15-24(26)25-16-9-11-18-27(25)29/h7-12,14-21,23,29H,5-6,13H2,1-4H3. The van der Waals surface area contributed by atoms with E-state index in [2.05, 4.69) is 113 Å². The van der Waals surface area contributed by atoms with Crippen LogP contribution in [-0.4, -0.2) is 0 Å². The molecule has 2 atom stereocenters. The van der Waals surface area contributed by atoms with Crippen LogP contribution in [0.3, 0.4) is 0 Å². The largest absolute Gasteiger partial charge is 0.0725 e. The van der Waals surface area contributed by atoms with Crippen LogP contribution in [0, 0.1) is 11.3 Å². The summed E-state index contributed by atoms with van der Waals surface area (Å²) in [6, 6.07) is 27.4. The molecule has 0 N–H and O–H groups in total. The lowest BCUT2D eigenvalue weighted by Crippen LogP contribution is -2.48. The zero-order chi connectivity index (χ0) is 21.6. The van der Waals surface area contributed by atoms with Crippen molar-refractivity contribution < 1.29 is 0 Å². The van der Waals surface area contributed by atoms with Gasteiger partial charge in [0.15, 0.2) is 0 Å². The first-order chi connectivity index (χ1) is 15.1. The molecule has 3 aromatic carbocycles. The summed E-state index contributed by atoms with van der Waals surface area (Å²) in [5.41, 5.74) is 8.81. The summed E-state index contributed by atoms with van der Waals surface area (Å²) >= 11 is 0. The number of hydrogen-bond acceptors (Lipinski definition) is 0. The molecule has 0 heteroatoms. The van der Waals surface area contributed by atoms with Gasteiger partial charge in [0, 0.05) is 11.3 Å². The number of allylic oxidation sites excluding steroid dienone is 1. The summed E-state index contributed by atoms with van der Waals surface area (Å²) in [5.74, 6) is 0.994. The van der Waals surface area contributed by atoms with Crippen LogP contribution < -0.4 is 0 Å². The zero-order valence-electron chi connectivity index (χ0n) is 19.4. The highest BCUT2D eigenvalue weighted by atomic mass is 14.6. The van der Waals surface area contributed by atoms with Crippen molar-refractivity contribution in [2.24, 2.45) is 11.3 Å². The van der Waals surface area contributed by atoms with Crippen molar-refractivity contribution in [2.75, 3.05) is 0 Å². The lowest BCUT2D eigenvalue weighted by molar-refractivity contribution is 0.108. The van der Waals surface area contributed by atoms with Crippen LogP contribution in [0.1, 0.15) is 75.1 Å². The van der Waals surface area contributed by atoms with Crippen molar-refractivity contribution in [1.29, 1.82) is 0 Å². The van der Waals surface area contributed by atoms with Crippen LogP contribution in [0.15, 0.2) is 78.9 Å². The quantitative estimate of drug-likeness (QED) is 0.384. The van der Waals surface area contributed by atoms with Gasteiger partial charge in [-0.15, -0.1) is 0 Å². The first-order valence-electron chi connectivity index (χ1n) is 12.0. The molecule has 0 saturated heterocycles. The van der Waals surface area contributed by atoms with Gasteiger partial charge in [0.25, 0.3) is 0 Å². The van der Waals surface area contributed by atoms with Gasteiger partial charge in [-0.05, 0) is 51.1 Å². The van der Waals surface area contributed by atoms with Crippen LogP contribution in [0.25, 0.3) is 17.2 Å². The fourth-order valence-corrected chi connectivity index (χ4v) is 7.05. The second kappa shape index (κ2) is 7.52. The van der Waals surface area contributed by atoms with E-state index in [1.54, 1.807) is 0 Å². The predicted molar refractivity (Wildman–Crippen MR) is 133 cm³/mol. The monoisotopic (exact) mass is 406 g/mol. The third-order valence-corrected chi connectivity index (χ3v) is 8.33. The molecule has 0 fully saturated rings. The smallest absolute Gasteiger partial charge is 0.0229 e. The van der Waals surface area contributed by atoms with E-state index >= 15 is 0 Å². The molecule has 0 amide bonds. The van der Waals surface area contributed by atoms with Gasteiger partial charge in [0.1, 0.15) is 0 Å². The van der Waals surface area contributed by atoms with Crippen molar-refractivity contribution in [1.82, 2.24) is 0 Å². The third kappa shape index (κ3) is 2.73. The maximum atomic E-state index is 2.59. The highest BCUT2D eigenvalue weighted by Gasteiger charge is 2.56. The first kappa shape index (κ1) is 20.3. The number of fused-ring (bicyclic) bond motifs is 4. The molecule has 158 valence electrons. The maximum absolute atomic E-state index is 2.59. The van der Waals surface area contributed by atoms with Crippen LogP contribution in [0.5, 0.6) is 0 Å². The highest BCUT2D eigenvalue weighted by Crippen LogP contribution is 2.64. The molecule has 0 heterocycles. The minimum absolute atomic E-state index is 0.0174. The van der Waals surface area contributed by atoms with Gasteiger partial charge in [0.2, 0.25) is 0 Å². The normalized spacial score (nSPS) is 20.4. The van der Waals surface area contributed by atoms with Crippen molar-refractivity contribution in [2.45, 2.75) is 58.3 Å². The third-order valence-electron chi connectivity index (χ3n) is 8.33. The Morgan fingerprint density at radius 1 is 0.806 bits per heavy atom. The lowest BCUT2D eigenvalue weighted by Gasteiger charge is -2.53. The molecule has 5 rings (SSSR count). The van der Waals surface area contributed by atoms with Gasteiger partial charge < -0.3 is 0 Å². The Morgan fingerprint density at radius 3 is 2.00 bits per heavy atom. The minimum atomic E-state index is 0.0174. The molecule has 2 aliphatic rings. The maximum Gasteiger partial charge on any atom is 0.0229 e. The molecule has 2 unspecified atom stereocenters. The molecule has 0 nitrogen and oxygen atoms in total. The Bertz CT molecular complexity index is 1090. The molecule has 0 bridgehead atoms. The molecule has 0 spiro atoms. The molecule has 3 aromatic rings. The fourth-order valence-electron chi connectivity index (χ4n) is 7.05. The Labute approximate surface area is 188 Å². The average molecular weight is 407 g/mol. The van der Waals surface area contributed by atoms with E-state index in [1.807, 2.05) is 0 Å². The van der Waals surface area contributed by atoms with Crippen molar-refractivity contribution >= 4 is 6.08 Å². The zero-order valence-corrected chi connectivity index (χ0v) is 19.4. The van der Waals surface area contributed by atoms with Crippen molar-refractivity contribution in [3.05, 3.63) is 101 Å². The summed E-state index contributed by atoms with van der Waals surface area (Å²) in [7, 11) is 0. The average Bonchev–Trinajstić information content (AvgIpc) is 3.35. The van der Waals surface area contributed by atoms with E-state index in [0.717, 1.165) is 0 Å². The summed E-state index contributed by atoms with van der Waals surface area (Å²) in [6.45, 7) is 9.82. The summed E-state index contributed by atoms with van der Waals surface area (Å²) in [5, 5.41) is 0. The highest BCUT2D eigenvalue weighted by molar-refractivity contribution is 5.80. The van der Waals surface area contributed by atoms with Gasteiger partial charge in [-0.3, -0.25) is 0 Å². The van der Waals surface area contributed by atoms with Crippen LogP contribution in [0.2, 0.25) is 0 Å². The Morgan fingerprint density at radius 2 is 1.39 bits per heavy atom. The van der Waals surface area contributed by atoms with Gasteiger partial charge in [-0.25, -0.2) is 0 Å². The lowest BCUT2D eigenvalue weighted by atomic mass is 9.50. The van der Waals surface area contributed by atoms with Gasteiger partial charge in [0.05, 0.1) is 0 Å². The molecule has 31 heavy (non-hydrogen) atoms. The van der Waals surface area contributed by atoms with Gasteiger partial charge in [-0.1, -0.05) is 125 Å². The van der Waals surface area contributed by atoms with Crippen LogP contribution in [-0.2, 0) is 5.41 Å². The first-order valence-corrected chi connectivity index (χ1v) is 12.0. The van der Waals surface area contributed by atoms with Crippen molar-refractivity contribution in [3.63, 3.8) is 0 Å². The van der Waals surface area contributed by atoms with Gasteiger partial charge >= 0.3 is 0 Å². The molecule has 2 aliphatic carbocycles. The van der Waals surface area contributed by atoms with E-state index in [4.69, 9.17) is 0 Å². The predicted octanol–water partition coefficient (Wildman–Crippen LogP) is 8.62. The van der Waals surface area contributed by atoms with E-state index < -0.39 is 0 Å². The summed E-state index contributed by atoms with van der Waals surface area (Å²) in [6.07, 6.45) is 8.68. The second-order valence-corrected chi connectivity index (χ2v) is 10.0. The Hall–Kier alpha value is -2.60. The van der Waals surface area contributed by atoms with Crippen molar-refractivity contribution in [3.8, 4) is 11.1 Å². The number of benzene rings is 3. The molecule has 0 aliphatic heterocycles. The van der Waals surface area contributed by atoms with E-state index in [1.165, 1.54) is 52.6 Å². The SMILES string of the molecule is CCCC(CC)C1(C(C)(C)C2c3ccccc3-c3ccccc32)C=Cc2ccccc21. The van der Waals surface area contributed by atoms with E-state index in [-0.39, 0.29) is 10.8 Å². The molecule has 0 aromatic heterocycles. The summed E-state index contributed by atoms with van der Waals surface area (Å²) < 4.78 is 0. The molecular weight excluding hydrogens is 372 g/mol. The second-order valence-electron chi connectivity index (χ2n) is 10.0. The molecular formula is C31H34. The number of hydrogen-bond donors (Lipinski definition) is 0. The minimum Gasteiger partial charge on any atom is -0.0725 e. The van der Waals surface area contributed by atoms with E-state index in [0.29, 0.717) is 11.8 Å². The molecule has 0 radical (unpaired) electrons. The van der Waals surface area contributed by atoms with Gasteiger partial charge in [-0.2, -0.15) is 0 Å². The number of rotatable bonds is 6. The molecule has 0 saturated carbocycles. The summed E-state index contributed by atoms with van der Waals surface area (Å²) in [4.78, 5) is 0. The topological polar surface area (TPSA) is 0 Å². The van der Waals surface area contributed by atoms with Crippen LogP contribution in [0.4, 0.5) is 0 Å². The Balaban J connectivity index is 1.78. The fraction of sp³-hybridized carbons (Fsp3) is 0.355. The van der Waals surface area contributed by atoms with E-state index in [9.17, 15) is 0 Å². The Kier molecular flexibility index (Phi) is 4.93.